The number of aliphatic hydroxyl groups excluding tert-OH is 1. The maximum Gasteiger partial charge on any atom is 0.407 e. The zero-order valence-electron chi connectivity index (χ0n) is 64.4. The number of carboxylic acids is 1. The molecule has 119 heavy (non-hydrogen) atoms. The Labute approximate surface area is 711 Å². The van der Waals surface area contributed by atoms with Crippen molar-refractivity contribution in [1.29, 1.82) is 0 Å². The topological polar surface area (TPSA) is 306 Å². The van der Waals surface area contributed by atoms with E-state index in [1.54, 1.807) is 18.2 Å². The number of nitrogens with one attached hydrogen (secondary N) is 2. The minimum absolute atomic E-state index is 0. The number of furan rings is 3. The first-order valence-electron chi connectivity index (χ1n) is 37.7. The molecule has 2 aliphatic carbocycles. The average molecular weight is 1670 g/mol. The van der Waals surface area contributed by atoms with Crippen LogP contribution in [0.5, 0.6) is 0 Å². The van der Waals surface area contributed by atoms with Crippen molar-refractivity contribution in [1.82, 2.24) is 40.0 Å². The van der Waals surface area contributed by atoms with Gasteiger partial charge < -0.3 is 66.2 Å². The number of aromatic nitrogens is 6. The second kappa shape index (κ2) is 40.3. The minimum Gasteiger partial charge on any atom is -0.480 e. The number of benzene rings is 10. The first-order chi connectivity index (χ1) is 56.9. The summed E-state index contributed by atoms with van der Waals surface area (Å²) in [6.07, 6.45) is -1.40. The van der Waals surface area contributed by atoms with Crippen LogP contribution < -0.4 is 16.4 Å². The van der Waals surface area contributed by atoms with Crippen molar-refractivity contribution in [3.63, 3.8) is 0 Å². The zero-order chi connectivity index (χ0) is 79.7. The standard InChI is InChI=1S/C36H29N3O5.C21H19N3O3.C19H16N2O2.C17H15NO4.CH4.CH3.Y/c40-34(20-37-36(41)43-23-31-28-14-6-4-12-26(28)27-13-5-7-15-29(27)31)42-22-25-18-19-33(44-25)35-30-16-8-9-17-32(30)39(38-35)21-24-10-2-1-3-11-24;22-12-20(25)26-14-16-10-11-19(27-16)21-17-8-4-5-9-18(17)24(23-21)13-15-6-2-1-3-7-15;22-13-15-10-11-18(23-15)19-16-8-4-5-9-17(16)21(20-19)12-14-6-2-1-3-7-14;19-16(20)9-18-17(21)22-10-15-13-7-3-1-5-11(13)12-6-2-4-8-14(12)15;;;/h1-19,31H,20-23H2,(H,37,41);1-11H,12-14,22H2;1-11,22H,12-13H2;1-8,15H,9-10H2,(H,18,21)(H,19,20);1H4;1H3;/q;;;;;-1;. The molecule has 2 amide bonds. The summed E-state index contributed by atoms with van der Waals surface area (Å²) < 4.78 is 44.5. The number of carbonyl (C=O) groups is 5. The average Bonchev–Trinajstić information content (AvgIpc) is 1.63. The van der Waals surface area contributed by atoms with Gasteiger partial charge in [-0.1, -0.05) is 250 Å². The zero-order valence-corrected chi connectivity index (χ0v) is 67.2. The second-order valence-corrected chi connectivity index (χ2v) is 27.3. The summed E-state index contributed by atoms with van der Waals surface area (Å²) in [7, 11) is 0. The van der Waals surface area contributed by atoms with E-state index in [9.17, 15) is 29.1 Å². The molecule has 0 aliphatic heterocycles. The summed E-state index contributed by atoms with van der Waals surface area (Å²) in [4.78, 5) is 58.0. The summed E-state index contributed by atoms with van der Waals surface area (Å²) >= 11 is 0. The van der Waals surface area contributed by atoms with Gasteiger partial charge in [-0.05, 0) is 116 Å². The van der Waals surface area contributed by atoms with E-state index in [1.807, 2.05) is 214 Å². The van der Waals surface area contributed by atoms with Crippen LogP contribution in [0.2, 0.25) is 0 Å². The number of aliphatic hydroxyl groups is 1. The van der Waals surface area contributed by atoms with Crippen LogP contribution in [0.25, 0.3) is 89.3 Å². The van der Waals surface area contributed by atoms with Crippen LogP contribution >= 0.6 is 0 Å². The van der Waals surface area contributed by atoms with Gasteiger partial charge in [-0.3, -0.25) is 28.4 Å². The molecule has 1 radical (unpaired) electrons. The van der Waals surface area contributed by atoms with Gasteiger partial charge in [-0.2, -0.15) is 15.3 Å². The third-order valence-electron chi connectivity index (χ3n) is 19.7. The van der Waals surface area contributed by atoms with Crippen molar-refractivity contribution in [3.05, 3.63) is 361 Å². The van der Waals surface area contributed by atoms with E-state index in [2.05, 4.69) is 89.5 Å². The largest absolute Gasteiger partial charge is 0.480 e. The van der Waals surface area contributed by atoms with Crippen LogP contribution in [0.4, 0.5) is 9.59 Å². The number of nitrogens with two attached hydrogens (primary N) is 1. The van der Waals surface area contributed by atoms with Gasteiger partial charge in [0.1, 0.15) is 80.5 Å². The van der Waals surface area contributed by atoms with Crippen LogP contribution in [0, 0.1) is 7.43 Å². The van der Waals surface area contributed by atoms with Crippen LogP contribution in [0.1, 0.15) is 75.5 Å². The van der Waals surface area contributed by atoms with Gasteiger partial charge in [0.25, 0.3) is 0 Å². The van der Waals surface area contributed by atoms with E-state index < -0.39 is 36.6 Å². The van der Waals surface area contributed by atoms with E-state index in [4.69, 9.17) is 58.3 Å². The Morgan fingerprint density at radius 1 is 0.378 bits per heavy atom. The van der Waals surface area contributed by atoms with E-state index >= 15 is 0 Å². The normalized spacial score (nSPS) is 11.4. The molecule has 0 saturated heterocycles. The molecule has 0 bridgehead atoms. The summed E-state index contributed by atoms with van der Waals surface area (Å²) in [5.41, 5.74) is 23.2. The molecule has 18 rings (SSSR count). The Bertz CT molecular complexity index is 6040. The number of carbonyl (C=O) groups excluding carboxylic acids is 4. The number of esters is 2. The molecule has 6 aromatic heterocycles. The molecule has 6 heterocycles. The number of ether oxygens (including phenoxy) is 4. The molecule has 16 aromatic rings. The monoisotopic (exact) mass is 1670 g/mol. The third kappa shape index (κ3) is 20.3. The van der Waals surface area contributed by atoms with E-state index in [1.165, 1.54) is 11.1 Å². The third-order valence-corrected chi connectivity index (χ3v) is 19.7. The van der Waals surface area contributed by atoms with Crippen molar-refractivity contribution in [2.24, 2.45) is 5.73 Å². The van der Waals surface area contributed by atoms with Gasteiger partial charge in [0.15, 0.2) is 17.3 Å². The molecule has 2 aliphatic rings. The molecule has 0 spiro atoms. The van der Waals surface area contributed by atoms with Crippen LogP contribution in [0.15, 0.2) is 311 Å². The second-order valence-electron chi connectivity index (χ2n) is 27.3. The van der Waals surface area contributed by atoms with E-state index in [0.29, 0.717) is 59.9 Å². The predicted molar refractivity (Wildman–Crippen MR) is 450 cm³/mol. The molecule has 0 saturated carbocycles. The van der Waals surface area contributed by atoms with Gasteiger partial charge in [-0.25, -0.2) is 9.59 Å². The fraction of sp³-hybridized carbons (Fsp3) is 0.147. The smallest absolute Gasteiger partial charge is 0.407 e. The SMILES string of the molecule is C.NCC(=O)OCc1ccc(-c2nn(Cc3ccccc3)c3ccccc23)o1.O=C(CNC(=O)OCC1c2ccccc2-c2ccccc21)OCc1ccc(-c2nn(Cc3ccccc3)c3ccccc23)o1.O=C(O)CNC(=O)OCC1c2ccccc2-c2ccccc21.OCc1ccc(-c2nn(Cc3ccccc3)c3ccccc23)o1.[CH3-].[Y]. The molecular weight excluding hydrogens is 1580 g/mol. The van der Waals surface area contributed by atoms with E-state index in [0.717, 1.165) is 94.2 Å². The number of para-hydroxylation sites is 3. The maximum atomic E-state index is 12.4. The number of rotatable bonds is 23. The first-order valence-corrected chi connectivity index (χ1v) is 37.7. The first kappa shape index (κ1) is 84.8. The van der Waals surface area contributed by atoms with E-state index in [-0.39, 0.29) is 106 Å². The summed E-state index contributed by atoms with van der Waals surface area (Å²) in [5.74, 6) is 1.20. The van der Waals surface area contributed by atoms with Crippen molar-refractivity contribution in [2.75, 3.05) is 32.8 Å². The molecule has 24 heteroatoms. The van der Waals surface area contributed by atoms with Crippen molar-refractivity contribution in [3.8, 4) is 56.6 Å². The van der Waals surface area contributed by atoms with Crippen molar-refractivity contribution < 1.29 is 99.1 Å². The number of alkyl carbamates (subject to hydrolysis) is 2. The van der Waals surface area contributed by atoms with Gasteiger partial charge >= 0.3 is 30.1 Å². The molecule has 0 fully saturated rings. The van der Waals surface area contributed by atoms with Crippen LogP contribution in [-0.2, 0) is 105 Å². The Hall–Kier alpha value is -13.6. The molecule has 6 N–H and O–H groups in total. The molecular formula is C95H86N9O14Y-. The molecule has 599 valence electrons. The van der Waals surface area contributed by atoms with Crippen LogP contribution in [-0.4, -0.2) is 102 Å². The van der Waals surface area contributed by atoms with Crippen molar-refractivity contribution in [2.45, 2.75) is 58.7 Å². The number of nitrogens with zero attached hydrogens (tertiary/aromatic N) is 6. The molecule has 0 atom stereocenters. The Morgan fingerprint density at radius 2 is 0.681 bits per heavy atom. The Balaban J connectivity index is 0.000000151. The van der Waals surface area contributed by atoms with Crippen molar-refractivity contribution >= 4 is 62.8 Å². The quantitative estimate of drug-likeness (QED) is 0.0226. The van der Waals surface area contributed by atoms with Gasteiger partial charge in [0, 0.05) is 60.7 Å². The molecule has 23 nitrogen and oxygen atoms in total. The van der Waals surface area contributed by atoms with Crippen LogP contribution in [0.3, 0.4) is 0 Å². The number of hydrogen-bond acceptors (Lipinski definition) is 17. The Kier molecular flexibility index (Phi) is 28.7. The van der Waals surface area contributed by atoms with Gasteiger partial charge in [0.05, 0.1) is 42.7 Å². The number of hydrogen-bond donors (Lipinski definition) is 5. The maximum absolute atomic E-state index is 12.4. The van der Waals surface area contributed by atoms with Gasteiger partial charge in [-0.15, -0.1) is 0 Å². The predicted octanol–water partition coefficient (Wildman–Crippen LogP) is 17.8. The summed E-state index contributed by atoms with van der Waals surface area (Å²) in [6, 6.07) is 97.8. The number of carboxylic acid groups (broad SMARTS) is 1. The molecule has 0 unspecified atom stereocenters. The fourth-order valence-electron chi connectivity index (χ4n) is 14.3. The molecule has 10 aromatic carbocycles. The number of aliphatic carboxylic acids is 1. The fourth-order valence-corrected chi connectivity index (χ4v) is 14.3. The minimum atomic E-state index is -1.10. The summed E-state index contributed by atoms with van der Waals surface area (Å²) in [5, 5.41) is 39.8. The van der Waals surface area contributed by atoms with Gasteiger partial charge in [0.2, 0.25) is 0 Å². The number of fused-ring (bicyclic) bond motifs is 9. The Morgan fingerprint density at radius 3 is 1.02 bits per heavy atom. The summed E-state index contributed by atoms with van der Waals surface area (Å²) in [6.45, 7) is 1.30. The number of amides is 2.